The van der Waals surface area contributed by atoms with Gasteiger partial charge in [-0.1, -0.05) is 32.0 Å². The molecule has 1 N–H and O–H groups in total. The predicted molar refractivity (Wildman–Crippen MR) is 88.7 cm³/mol. The van der Waals surface area contributed by atoms with Crippen molar-refractivity contribution in [1.29, 1.82) is 0 Å². The molecule has 6 heteroatoms. The van der Waals surface area contributed by atoms with Crippen molar-refractivity contribution < 1.29 is 4.79 Å². The summed E-state index contributed by atoms with van der Waals surface area (Å²) in [6, 6.07) is 7.71. The Balaban J connectivity index is 1.73. The third-order valence-corrected chi connectivity index (χ3v) is 3.89. The molecule has 0 saturated heterocycles. The zero-order valence-corrected chi connectivity index (χ0v) is 13.6. The molecule has 0 saturated carbocycles. The SMILES string of the molecule is CC(C)[C@H](NC(=O)Cn1cc2ccccc2n1)c1nccn1C. The molecule has 0 aliphatic carbocycles. The maximum Gasteiger partial charge on any atom is 0.242 e. The number of carbonyl (C=O) groups is 1. The summed E-state index contributed by atoms with van der Waals surface area (Å²) in [6.45, 7) is 4.34. The normalized spacial score (nSPS) is 12.7. The van der Waals surface area contributed by atoms with E-state index in [9.17, 15) is 4.79 Å². The predicted octanol–water partition coefficient (Wildman–Crippen LogP) is 2.28. The molecule has 3 aromatic rings. The molecule has 0 spiro atoms. The van der Waals surface area contributed by atoms with Gasteiger partial charge in [-0.2, -0.15) is 5.10 Å². The van der Waals surface area contributed by atoms with Crippen molar-refractivity contribution in [1.82, 2.24) is 24.6 Å². The number of imidazole rings is 1. The van der Waals surface area contributed by atoms with Crippen LogP contribution in [-0.2, 0) is 18.4 Å². The number of aromatic nitrogens is 4. The maximum atomic E-state index is 12.4. The smallest absolute Gasteiger partial charge is 0.242 e. The lowest BCUT2D eigenvalue weighted by atomic mass is 10.0. The van der Waals surface area contributed by atoms with Crippen LogP contribution < -0.4 is 5.32 Å². The Bertz CT molecular complexity index is 784. The van der Waals surface area contributed by atoms with Crippen LogP contribution >= 0.6 is 0 Å². The first-order valence-corrected chi connectivity index (χ1v) is 7.73. The molecule has 0 aliphatic heterocycles. The Kier molecular flexibility index (Phi) is 4.14. The van der Waals surface area contributed by atoms with Crippen LogP contribution in [0.5, 0.6) is 0 Å². The Morgan fingerprint density at radius 2 is 2.09 bits per heavy atom. The summed E-state index contributed by atoms with van der Waals surface area (Å²) < 4.78 is 3.61. The monoisotopic (exact) mass is 311 g/mol. The zero-order chi connectivity index (χ0) is 16.4. The second-order valence-electron chi connectivity index (χ2n) is 6.07. The highest BCUT2D eigenvalue weighted by atomic mass is 16.2. The van der Waals surface area contributed by atoms with Gasteiger partial charge in [-0.15, -0.1) is 0 Å². The lowest BCUT2D eigenvalue weighted by molar-refractivity contribution is -0.123. The van der Waals surface area contributed by atoms with Crippen LogP contribution in [0.2, 0.25) is 0 Å². The van der Waals surface area contributed by atoms with Crippen molar-refractivity contribution in [3.8, 4) is 0 Å². The average Bonchev–Trinajstić information content (AvgIpc) is 3.09. The van der Waals surface area contributed by atoms with Crippen LogP contribution in [0.15, 0.2) is 42.9 Å². The summed E-state index contributed by atoms with van der Waals surface area (Å²) in [7, 11) is 1.93. The van der Waals surface area contributed by atoms with Crippen molar-refractivity contribution in [2.75, 3.05) is 0 Å². The molecule has 2 aromatic heterocycles. The van der Waals surface area contributed by atoms with Gasteiger partial charge in [-0.05, 0) is 12.0 Å². The summed E-state index contributed by atoms with van der Waals surface area (Å²) in [5.74, 6) is 1.04. The first-order valence-electron chi connectivity index (χ1n) is 7.73. The van der Waals surface area contributed by atoms with Crippen molar-refractivity contribution >= 4 is 16.8 Å². The van der Waals surface area contributed by atoms with Gasteiger partial charge < -0.3 is 9.88 Å². The summed E-state index contributed by atoms with van der Waals surface area (Å²) in [4.78, 5) is 16.8. The summed E-state index contributed by atoms with van der Waals surface area (Å²) in [5.41, 5.74) is 0.893. The van der Waals surface area contributed by atoms with Gasteiger partial charge in [0, 0.05) is 31.0 Å². The Labute approximate surface area is 135 Å². The summed E-state index contributed by atoms with van der Waals surface area (Å²) in [6.07, 6.45) is 5.52. The molecule has 1 atom stereocenters. The minimum atomic E-state index is -0.118. The number of nitrogens with one attached hydrogen (secondary N) is 1. The molecule has 2 heterocycles. The standard InChI is InChI=1S/C17H21N5O/c1-12(2)16(17-18-8-9-21(17)3)19-15(23)11-22-10-13-6-4-5-7-14(13)20-22/h4-10,12,16H,11H2,1-3H3,(H,19,23)/t16-/m0/s1. The maximum absolute atomic E-state index is 12.4. The van der Waals surface area contributed by atoms with Gasteiger partial charge in [-0.25, -0.2) is 4.98 Å². The first kappa shape index (κ1) is 15.3. The first-order chi connectivity index (χ1) is 11.0. The molecule has 3 rings (SSSR count). The zero-order valence-electron chi connectivity index (χ0n) is 13.6. The number of nitrogens with zero attached hydrogens (tertiary/aromatic N) is 4. The van der Waals surface area contributed by atoms with E-state index in [0.29, 0.717) is 0 Å². The number of fused-ring (bicyclic) bond motifs is 1. The van der Waals surface area contributed by atoms with E-state index in [-0.39, 0.29) is 24.4 Å². The fourth-order valence-electron chi connectivity index (χ4n) is 2.67. The van der Waals surface area contributed by atoms with Crippen LogP contribution in [-0.4, -0.2) is 25.2 Å². The topological polar surface area (TPSA) is 64.7 Å². The van der Waals surface area contributed by atoms with E-state index in [2.05, 4.69) is 29.2 Å². The summed E-state index contributed by atoms with van der Waals surface area (Å²) in [5, 5.41) is 8.52. The number of benzene rings is 1. The molecule has 0 fully saturated rings. The van der Waals surface area contributed by atoms with Crippen LogP contribution in [0.1, 0.15) is 25.7 Å². The second-order valence-corrected chi connectivity index (χ2v) is 6.07. The van der Waals surface area contributed by atoms with Crippen LogP contribution in [0, 0.1) is 5.92 Å². The van der Waals surface area contributed by atoms with Gasteiger partial charge in [0.15, 0.2) is 0 Å². The van der Waals surface area contributed by atoms with Gasteiger partial charge in [0.2, 0.25) is 5.91 Å². The van der Waals surface area contributed by atoms with E-state index in [1.807, 2.05) is 48.3 Å². The van der Waals surface area contributed by atoms with Crippen LogP contribution in [0.3, 0.4) is 0 Å². The van der Waals surface area contributed by atoms with Crippen LogP contribution in [0.4, 0.5) is 0 Å². The molecule has 1 amide bonds. The number of rotatable bonds is 5. The van der Waals surface area contributed by atoms with Gasteiger partial charge in [-0.3, -0.25) is 9.48 Å². The Morgan fingerprint density at radius 1 is 1.30 bits per heavy atom. The molecule has 6 nitrogen and oxygen atoms in total. The average molecular weight is 311 g/mol. The molecule has 0 bridgehead atoms. The molecule has 0 radical (unpaired) electrons. The molecule has 120 valence electrons. The number of carbonyl (C=O) groups excluding carboxylic acids is 1. The third kappa shape index (κ3) is 3.26. The Hall–Kier alpha value is -2.63. The summed E-state index contributed by atoms with van der Waals surface area (Å²) >= 11 is 0. The highest BCUT2D eigenvalue weighted by Gasteiger charge is 2.22. The minimum Gasteiger partial charge on any atom is -0.344 e. The lowest BCUT2D eigenvalue weighted by Gasteiger charge is -2.22. The number of aryl methyl sites for hydroxylation is 1. The minimum absolute atomic E-state index is 0.0699. The highest BCUT2D eigenvalue weighted by Crippen LogP contribution is 2.19. The number of hydrogen-bond donors (Lipinski definition) is 1. The van der Waals surface area contributed by atoms with E-state index in [1.54, 1.807) is 10.9 Å². The quantitative estimate of drug-likeness (QED) is 0.786. The molecule has 0 unspecified atom stereocenters. The fourth-order valence-corrected chi connectivity index (χ4v) is 2.67. The van der Waals surface area contributed by atoms with Crippen molar-refractivity contribution in [2.45, 2.75) is 26.4 Å². The molecular weight excluding hydrogens is 290 g/mol. The number of hydrogen-bond acceptors (Lipinski definition) is 3. The number of amides is 1. The lowest BCUT2D eigenvalue weighted by Crippen LogP contribution is -2.35. The van der Waals surface area contributed by atoms with Gasteiger partial charge in [0.25, 0.3) is 0 Å². The van der Waals surface area contributed by atoms with Gasteiger partial charge in [0.1, 0.15) is 12.4 Å². The van der Waals surface area contributed by atoms with E-state index < -0.39 is 0 Å². The molecular formula is C17H21N5O. The van der Waals surface area contributed by atoms with Crippen LogP contribution in [0.25, 0.3) is 10.9 Å². The van der Waals surface area contributed by atoms with E-state index in [0.717, 1.165) is 16.7 Å². The Morgan fingerprint density at radius 3 is 2.74 bits per heavy atom. The van der Waals surface area contributed by atoms with E-state index in [4.69, 9.17) is 0 Å². The van der Waals surface area contributed by atoms with E-state index in [1.165, 1.54) is 0 Å². The fraction of sp³-hybridized carbons (Fsp3) is 0.353. The van der Waals surface area contributed by atoms with Crippen molar-refractivity contribution in [3.05, 3.63) is 48.7 Å². The third-order valence-electron chi connectivity index (χ3n) is 3.89. The highest BCUT2D eigenvalue weighted by molar-refractivity contribution is 5.80. The largest absolute Gasteiger partial charge is 0.344 e. The van der Waals surface area contributed by atoms with Gasteiger partial charge in [0.05, 0.1) is 11.6 Å². The van der Waals surface area contributed by atoms with Crippen molar-refractivity contribution in [3.63, 3.8) is 0 Å². The van der Waals surface area contributed by atoms with E-state index >= 15 is 0 Å². The molecule has 23 heavy (non-hydrogen) atoms. The van der Waals surface area contributed by atoms with Gasteiger partial charge >= 0.3 is 0 Å². The second kappa shape index (κ2) is 6.24. The van der Waals surface area contributed by atoms with Crippen molar-refractivity contribution in [2.24, 2.45) is 13.0 Å². The molecule has 1 aromatic carbocycles. The molecule has 0 aliphatic rings.